The van der Waals surface area contributed by atoms with E-state index in [1.54, 1.807) is 6.07 Å². The topological polar surface area (TPSA) is 33.1 Å². The molecule has 2 aromatic heterocycles. The van der Waals surface area contributed by atoms with E-state index in [0.717, 1.165) is 34.0 Å². The lowest BCUT2D eigenvalue weighted by Gasteiger charge is -2.28. The molecule has 172 valence electrons. The highest BCUT2D eigenvalue weighted by molar-refractivity contribution is 7.80. The zero-order valence-electron chi connectivity index (χ0n) is 19.1. The number of aryl methyl sites for hydroxylation is 2. The van der Waals surface area contributed by atoms with Crippen LogP contribution in [0.15, 0.2) is 72.9 Å². The van der Waals surface area contributed by atoms with Crippen molar-refractivity contribution in [1.29, 1.82) is 0 Å². The maximum Gasteiger partial charge on any atom is 0.174 e. The molecule has 0 amide bonds. The van der Waals surface area contributed by atoms with Gasteiger partial charge in [0.25, 0.3) is 0 Å². The summed E-state index contributed by atoms with van der Waals surface area (Å²) in [6.45, 7) is 6.31. The summed E-state index contributed by atoms with van der Waals surface area (Å²) in [5.74, 6) is 0. The van der Waals surface area contributed by atoms with E-state index < -0.39 is 0 Å². The quantitative estimate of drug-likeness (QED) is 0.294. The molecule has 4 nitrogen and oxygen atoms in total. The number of hydrogen-bond acceptors (Lipinski definition) is 2. The molecule has 4 aromatic rings. The molecule has 0 spiro atoms. The van der Waals surface area contributed by atoms with Gasteiger partial charge < -0.3 is 14.8 Å². The van der Waals surface area contributed by atoms with Gasteiger partial charge in [0.15, 0.2) is 5.11 Å². The fraction of sp³-hybridized carbons (Fsp3) is 0.185. The molecule has 2 atom stereocenters. The minimum Gasteiger partial charge on any atom is -0.351 e. The van der Waals surface area contributed by atoms with Crippen molar-refractivity contribution >= 4 is 46.2 Å². The Kier molecular flexibility index (Phi) is 6.11. The Hall–Kier alpha value is -2.86. The maximum absolute atomic E-state index is 6.61. The summed E-state index contributed by atoms with van der Waals surface area (Å²) in [7, 11) is 0. The third-order valence-corrected chi connectivity index (χ3v) is 7.17. The van der Waals surface area contributed by atoms with E-state index in [9.17, 15) is 0 Å². The molecular formula is C27H24Cl2N4S. The van der Waals surface area contributed by atoms with Crippen molar-refractivity contribution in [3.05, 3.63) is 111 Å². The number of nitrogens with one attached hydrogen (secondary N) is 1. The van der Waals surface area contributed by atoms with Crippen LogP contribution in [0.25, 0.3) is 5.69 Å². The number of hydrogen-bond donors (Lipinski definition) is 1. The molecule has 1 aliphatic rings. The zero-order chi connectivity index (χ0) is 24.0. The monoisotopic (exact) mass is 506 g/mol. The van der Waals surface area contributed by atoms with Crippen LogP contribution >= 0.6 is 35.4 Å². The number of pyridine rings is 1. The summed E-state index contributed by atoms with van der Waals surface area (Å²) in [4.78, 5) is 6.87. The summed E-state index contributed by atoms with van der Waals surface area (Å²) >= 11 is 18.6. The fourth-order valence-corrected chi connectivity index (χ4v) is 5.69. The van der Waals surface area contributed by atoms with Gasteiger partial charge in [-0.2, -0.15) is 0 Å². The average Bonchev–Trinajstić information content (AvgIpc) is 3.30. The third kappa shape index (κ3) is 3.98. The molecule has 0 bridgehead atoms. The highest BCUT2D eigenvalue weighted by Gasteiger charge is 2.42. The Morgan fingerprint density at radius 1 is 0.941 bits per heavy atom. The van der Waals surface area contributed by atoms with Crippen molar-refractivity contribution in [1.82, 2.24) is 14.9 Å². The lowest BCUT2D eigenvalue weighted by atomic mass is 9.96. The minimum atomic E-state index is -0.108. The smallest absolute Gasteiger partial charge is 0.174 e. The van der Waals surface area contributed by atoms with Gasteiger partial charge in [-0.3, -0.25) is 4.98 Å². The number of nitrogens with zero attached hydrogens (tertiary/aromatic N) is 3. The summed E-state index contributed by atoms with van der Waals surface area (Å²) in [6.07, 6.45) is 1.82. The number of thiocarbonyl (C=S) groups is 1. The first-order valence-electron chi connectivity index (χ1n) is 11.1. The molecule has 0 aliphatic carbocycles. The normalized spacial score (nSPS) is 17.8. The van der Waals surface area contributed by atoms with E-state index in [0.29, 0.717) is 15.2 Å². The molecule has 0 saturated carbocycles. The van der Waals surface area contributed by atoms with E-state index >= 15 is 0 Å². The number of halogens is 2. The van der Waals surface area contributed by atoms with Crippen LogP contribution < -0.4 is 10.2 Å². The van der Waals surface area contributed by atoms with Crippen molar-refractivity contribution in [2.75, 3.05) is 4.90 Å². The van der Waals surface area contributed by atoms with Crippen molar-refractivity contribution in [2.24, 2.45) is 0 Å². The molecule has 3 heterocycles. The molecule has 5 rings (SSSR count). The SMILES string of the molecule is Cc1cccc(N2C(=S)N[C@H](c3ccccn3)[C@H]2c2cc(C)n(-c3ccc(Cl)cc3Cl)c2C)c1. The van der Waals surface area contributed by atoms with E-state index in [1.165, 1.54) is 5.56 Å². The minimum absolute atomic E-state index is 0.0878. The van der Waals surface area contributed by atoms with Gasteiger partial charge in [-0.1, -0.05) is 41.4 Å². The van der Waals surface area contributed by atoms with Crippen molar-refractivity contribution in [3.63, 3.8) is 0 Å². The summed E-state index contributed by atoms with van der Waals surface area (Å²) in [5, 5.41) is 5.45. The molecule has 0 unspecified atom stereocenters. The predicted molar refractivity (Wildman–Crippen MR) is 144 cm³/mol. The molecule has 2 aromatic carbocycles. The first-order valence-corrected chi connectivity index (χ1v) is 12.2. The molecular weight excluding hydrogens is 483 g/mol. The van der Waals surface area contributed by atoms with Gasteiger partial charge in [0.2, 0.25) is 0 Å². The second kappa shape index (κ2) is 9.06. The van der Waals surface area contributed by atoms with Gasteiger partial charge in [0.05, 0.1) is 28.5 Å². The van der Waals surface area contributed by atoms with E-state index in [4.69, 9.17) is 35.4 Å². The van der Waals surface area contributed by atoms with Gasteiger partial charge in [-0.15, -0.1) is 0 Å². The molecule has 1 N–H and O–H groups in total. The van der Waals surface area contributed by atoms with Crippen LogP contribution in [0.2, 0.25) is 10.0 Å². The fourth-order valence-electron chi connectivity index (χ4n) is 4.85. The zero-order valence-corrected chi connectivity index (χ0v) is 21.4. The Labute approximate surface area is 215 Å². The van der Waals surface area contributed by atoms with Crippen LogP contribution in [0.4, 0.5) is 5.69 Å². The van der Waals surface area contributed by atoms with E-state index in [1.807, 2.05) is 36.5 Å². The van der Waals surface area contributed by atoms with Crippen LogP contribution in [-0.2, 0) is 0 Å². The highest BCUT2D eigenvalue weighted by atomic mass is 35.5. The van der Waals surface area contributed by atoms with Crippen molar-refractivity contribution in [3.8, 4) is 5.69 Å². The Morgan fingerprint density at radius 3 is 2.47 bits per heavy atom. The summed E-state index contributed by atoms with van der Waals surface area (Å²) in [5.41, 5.74) is 7.41. The highest BCUT2D eigenvalue weighted by Crippen LogP contribution is 2.44. The van der Waals surface area contributed by atoms with E-state index in [-0.39, 0.29) is 12.1 Å². The predicted octanol–water partition coefficient (Wildman–Crippen LogP) is 7.28. The first-order chi connectivity index (χ1) is 16.3. The van der Waals surface area contributed by atoms with E-state index in [2.05, 4.69) is 70.9 Å². The van der Waals surface area contributed by atoms with Gasteiger partial charge >= 0.3 is 0 Å². The van der Waals surface area contributed by atoms with Crippen molar-refractivity contribution in [2.45, 2.75) is 32.9 Å². The van der Waals surface area contributed by atoms with Crippen LogP contribution in [0, 0.1) is 20.8 Å². The van der Waals surface area contributed by atoms with Crippen molar-refractivity contribution < 1.29 is 0 Å². The van der Waals surface area contributed by atoms with Crippen LogP contribution in [0.5, 0.6) is 0 Å². The maximum atomic E-state index is 6.61. The summed E-state index contributed by atoms with van der Waals surface area (Å²) < 4.78 is 2.18. The lowest BCUT2D eigenvalue weighted by Crippen LogP contribution is -2.29. The number of rotatable bonds is 4. The van der Waals surface area contributed by atoms with Gasteiger partial charge in [0, 0.05) is 28.3 Å². The Morgan fingerprint density at radius 2 is 1.76 bits per heavy atom. The molecule has 7 heteroatoms. The number of aromatic nitrogens is 2. The van der Waals surface area contributed by atoms with Gasteiger partial charge in [0.1, 0.15) is 0 Å². The van der Waals surface area contributed by atoms with Crippen LogP contribution in [0.3, 0.4) is 0 Å². The molecule has 34 heavy (non-hydrogen) atoms. The first kappa shape index (κ1) is 22.9. The van der Waals surface area contributed by atoms with Gasteiger partial charge in [-0.25, -0.2) is 0 Å². The molecule has 0 radical (unpaired) electrons. The second-order valence-corrected chi connectivity index (χ2v) is 9.82. The molecule has 1 fully saturated rings. The number of benzene rings is 2. The molecule has 1 aliphatic heterocycles. The second-order valence-electron chi connectivity index (χ2n) is 8.59. The van der Waals surface area contributed by atoms with Gasteiger partial charge in [-0.05, 0) is 92.6 Å². The molecule has 1 saturated heterocycles. The standard InChI is InChI=1S/C27H24Cl2N4S/c1-16-7-6-8-20(13-16)33-26(25(31-27(33)34)23-9-4-5-12-30-23)21-14-17(2)32(18(21)3)24-11-10-19(28)15-22(24)29/h4-15,25-26H,1-3H3,(H,31,34)/t25-,26-/m1/s1. The Bertz CT molecular complexity index is 1380. The Balaban J connectivity index is 1.70. The number of anilines is 1. The summed E-state index contributed by atoms with van der Waals surface area (Å²) in [6, 6.07) is 22.0. The van der Waals surface area contributed by atoms with Crippen LogP contribution in [0.1, 0.15) is 40.3 Å². The lowest BCUT2D eigenvalue weighted by molar-refractivity contribution is 0.565. The van der Waals surface area contributed by atoms with Crippen LogP contribution in [-0.4, -0.2) is 14.7 Å². The third-order valence-electron chi connectivity index (χ3n) is 6.32. The largest absolute Gasteiger partial charge is 0.351 e. The average molecular weight is 507 g/mol.